The van der Waals surface area contributed by atoms with Gasteiger partial charge in [-0.3, -0.25) is 24.1 Å². The van der Waals surface area contributed by atoms with Crippen LogP contribution in [-0.2, 0) is 25.7 Å². The number of Topliss-reactive ketones (excluding diaryl/α,β-unsaturated/α-hetero) is 2. The van der Waals surface area contributed by atoms with Gasteiger partial charge in [0.25, 0.3) is 0 Å². The van der Waals surface area contributed by atoms with E-state index in [2.05, 4.69) is 4.74 Å². The Morgan fingerprint density at radius 2 is 1.72 bits per heavy atom. The summed E-state index contributed by atoms with van der Waals surface area (Å²) in [5.74, 6) is -12.9. The van der Waals surface area contributed by atoms with E-state index in [9.17, 15) is 36.7 Å². The normalized spacial score (nSPS) is 14.7. The third-order valence-corrected chi connectivity index (χ3v) is 6.09. The molecule has 0 aromatic heterocycles. The highest BCUT2D eigenvalue weighted by Gasteiger charge is 2.30. The molecule has 1 fully saturated rings. The van der Waals surface area contributed by atoms with Gasteiger partial charge in [-0.15, -0.1) is 0 Å². The Labute approximate surface area is 220 Å². The molecule has 2 aromatic rings. The molecule has 0 spiro atoms. The smallest absolute Gasteiger partial charge is 0.304 e. The van der Waals surface area contributed by atoms with E-state index < -0.39 is 71.9 Å². The molecule has 3 rings (SSSR count). The quantitative estimate of drug-likeness (QED) is 0.297. The first-order valence-electron chi connectivity index (χ1n) is 11.8. The number of hydrogen-bond acceptors (Lipinski definition) is 7. The second-order valence-electron chi connectivity index (χ2n) is 8.97. The summed E-state index contributed by atoms with van der Waals surface area (Å²) in [5, 5.41) is 9.14. The van der Waals surface area contributed by atoms with E-state index in [1.54, 1.807) is 13.2 Å². The molecule has 9 nitrogen and oxygen atoms in total. The van der Waals surface area contributed by atoms with Crippen LogP contribution < -0.4 is 9.47 Å². The maximum Gasteiger partial charge on any atom is 0.304 e. The van der Waals surface area contributed by atoms with E-state index in [1.807, 2.05) is 23.1 Å². The summed E-state index contributed by atoms with van der Waals surface area (Å²) in [6, 6.07) is 7.32. The van der Waals surface area contributed by atoms with Crippen molar-refractivity contribution in [1.29, 1.82) is 0 Å². The standard InChI is InChI=1S/C26H26F4N2O7/c1-38-18-4-2-3-15(7-18)11-31-5-6-32(22(35)13-31)12-17(33)8-16(9-23(36)37)21(34)14-39-26-24(29)19(27)10-20(28)25(26)30/h2-4,7,10,16H,5-6,8-9,11-14H2,1H3,(H,36,37)/t16-/m0/s1. The van der Waals surface area contributed by atoms with Gasteiger partial charge in [0, 0.05) is 38.0 Å². The number of piperazine rings is 1. The second-order valence-corrected chi connectivity index (χ2v) is 8.97. The first kappa shape index (κ1) is 29.6. The minimum absolute atomic E-state index is 0.0365. The number of aliphatic carboxylic acids is 1. The molecule has 13 heteroatoms. The number of ketones is 2. The average Bonchev–Trinajstić information content (AvgIpc) is 2.88. The maximum absolute atomic E-state index is 13.8. The molecule has 210 valence electrons. The molecule has 1 saturated heterocycles. The van der Waals surface area contributed by atoms with Gasteiger partial charge in [-0.2, -0.15) is 8.78 Å². The Morgan fingerprint density at radius 3 is 2.33 bits per heavy atom. The minimum Gasteiger partial charge on any atom is -0.497 e. The number of methoxy groups -OCH3 is 1. The summed E-state index contributed by atoms with van der Waals surface area (Å²) in [6.45, 7) is -0.298. The zero-order valence-electron chi connectivity index (χ0n) is 20.9. The Hall–Kier alpha value is -4.00. The van der Waals surface area contributed by atoms with E-state index in [0.29, 0.717) is 18.8 Å². The number of ether oxygens (including phenoxy) is 2. The summed E-state index contributed by atoms with van der Waals surface area (Å²) < 4.78 is 64.1. The van der Waals surface area contributed by atoms with Gasteiger partial charge >= 0.3 is 5.97 Å². The molecule has 0 saturated carbocycles. The van der Waals surface area contributed by atoms with Gasteiger partial charge in [0.1, 0.15) is 12.4 Å². The van der Waals surface area contributed by atoms with Gasteiger partial charge in [0.15, 0.2) is 29.0 Å². The van der Waals surface area contributed by atoms with Crippen LogP contribution in [0.15, 0.2) is 30.3 Å². The maximum atomic E-state index is 13.8. The van der Waals surface area contributed by atoms with Gasteiger partial charge in [-0.25, -0.2) is 8.78 Å². The van der Waals surface area contributed by atoms with Crippen LogP contribution in [-0.4, -0.2) is 78.2 Å². The van der Waals surface area contributed by atoms with Crippen molar-refractivity contribution in [2.24, 2.45) is 5.92 Å². The van der Waals surface area contributed by atoms with E-state index in [4.69, 9.17) is 9.84 Å². The molecular formula is C26H26F4N2O7. The highest BCUT2D eigenvalue weighted by molar-refractivity contribution is 5.93. The lowest BCUT2D eigenvalue weighted by atomic mass is 9.94. The third-order valence-electron chi connectivity index (χ3n) is 6.09. The van der Waals surface area contributed by atoms with E-state index in [0.717, 1.165) is 5.56 Å². The number of hydrogen-bond donors (Lipinski definition) is 1. The number of amides is 1. The number of carbonyl (C=O) groups excluding carboxylic acids is 3. The summed E-state index contributed by atoms with van der Waals surface area (Å²) >= 11 is 0. The van der Waals surface area contributed by atoms with Crippen LogP contribution in [0.5, 0.6) is 11.5 Å². The lowest BCUT2D eigenvalue weighted by Crippen LogP contribution is -2.51. The highest BCUT2D eigenvalue weighted by atomic mass is 19.2. The van der Waals surface area contributed by atoms with Crippen molar-refractivity contribution in [3.63, 3.8) is 0 Å². The molecule has 1 aliphatic heterocycles. The number of halogens is 4. The molecule has 1 atom stereocenters. The summed E-state index contributed by atoms with van der Waals surface area (Å²) in [7, 11) is 1.55. The van der Waals surface area contributed by atoms with Crippen molar-refractivity contribution in [2.75, 3.05) is 39.9 Å². The fraction of sp³-hybridized carbons (Fsp3) is 0.385. The van der Waals surface area contributed by atoms with E-state index in [1.165, 1.54) is 4.90 Å². The predicted molar refractivity (Wildman–Crippen MR) is 127 cm³/mol. The van der Waals surface area contributed by atoms with Crippen molar-refractivity contribution >= 4 is 23.4 Å². The van der Waals surface area contributed by atoms with Gasteiger partial charge < -0.3 is 19.5 Å². The third kappa shape index (κ3) is 7.99. The largest absolute Gasteiger partial charge is 0.497 e. The first-order chi connectivity index (χ1) is 18.5. The molecule has 1 amide bonds. The van der Waals surface area contributed by atoms with Crippen molar-refractivity contribution in [2.45, 2.75) is 19.4 Å². The SMILES string of the molecule is COc1cccc(CN2CCN(CC(=O)C[C@@H](CC(=O)O)C(=O)COc3c(F)c(F)cc(F)c3F)C(=O)C2)c1. The Balaban J connectivity index is 1.56. The predicted octanol–water partition coefficient (Wildman–Crippen LogP) is 2.59. The van der Waals surface area contributed by atoms with Gasteiger partial charge in [-0.1, -0.05) is 12.1 Å². The zero-order chi connectivity index (χ0) is 28.7. The monoisotopic (exact) mass is 554 g/mol. The van der Waals surface area contributed by atoms with Crippen LogP contribution in [0.3, 0.4) is 0 Å². The summed E-state index contributed by atoms with van der Waals surface area (Å²) in [6.07, 6.45) is -1.40. The van der Waals surface area contributed by atoms with E-state index in [-0.39, 0.29) is 31.6 Å². The van der Waals surface area contributed by atoms with Crippen LogP contribution in [0.2, 0.25) is 0 Å². The Bertz CT molecular complexity index is 1230. The zero-order valence-corrected chi connectivity index (χ0v) is 20.9. The molecule has 0 radical (unpaired) electrons. The lowest BCUT2D eigenvalue weighted by Gasteiger charge is -2.34. The van der Waals surface area contributed by atoms with Crippen LogP contribution in [0.25, 0.3) is 0 Å². The van der Waals surface area contributed by atoms with Crippen LogP contribution in [0.4, 0.5) is 17.6 Å². The fourth-order valence-corrected chi connectivity index (χ4v) is 4.09. The van der Waals surface area contributed by atoms with Crippen molar-refractivity contribution in [3.8, 4) is 11.5 Å². The van der Waals surface area contributed by atoms with Crippen LogP contribution >= 0.6 is 0 Å². The summed E-state index contributed by atoms with van der Waals surface area (Å²) in [4.78, 5) is 52.2. The molecule has 0 aliphatic carbocycles. The molecular weight excluding hydrogens is 528 g/mol. The average molecular weight is 554 g/mol. The number of rotatable bonds is 13. The molecule has 1 aliphatic rings. The molecule has 2 aromatic carbocycles. The highest BCUT2D eigenvalue weighted by Crippen LogP contribution is 2.27. The molecule has 1 heterocycles. The number of nitrogens with zero attached hydrogens (tertiary/aromatic N) is 2. The van der Waals surface area contributed by atoms with E-state index >= 15 is 0 Å². The Kier molecular flexibility index (Phi) is 9.99. The van der Waals surface area contributed by atoms with Crippen molar-refractivity contribution in [1.82, 2.24) is 9.80 Å². The summed E-state index contributed by atoms with van der Waals surface area (Å²) in [5.41, 5.74) is 0.935. The van der Waals surface area contributed by atoms with Crippen molar-refractivity contribution < 1.29 is 51.3 Å². The topological polar surface area (TPSA) is 113 Å². The lowest BCUT2D eigenvalue weighted by molar-refractivity contribution is -0.143. The molecule has 0 unspecified atom stereocenters. The number of carboxylic acids is 1. The molecule has 0 bridgehead atoms. The van der Waals surface area contributed by atoms with Gasteiger partial charge in [0.05, 0.1) is 26.6 Å². The molecule has 39 heavy (non-hydrogen) atoms. The number of benzene rings is 2. The molecule has 1 N–H and O–H groups in total. The fourth-order valence-electron chi connectivity index (χ4n) is 4.09. The number of carboxylic acid groups (broad SMARTS) is 1. The van der Waals surface area contributed by atoms with Gasteiger partial charge in [0.2, 0.25) is 17.5 Å². The Morgan fingerprint density at radius 1 is 1.03 bits per heavy atom. The first-order valence-corrected chi connectivity index (χ1v) is 11.8. The number of carbonyl (C=O) groups is 4. The second kappa shape index (κ2) is 13.2. The minimum atomic E-state index is -1.86. The van der Waals surface area contributed by atoms with Crippen LogP contribution in [0.1, 0.15) is 18.4 Å². The van der Waals surface area contributed by atoms with Crippen molar-refractivity contribution in [3.05, 3.63) is 59.2 Å². The van der Waals surface area contributed by atoms with Gasteiger partial charge in [-0.05, 0) is 17.7 Å². The van der Waals surface area contributed by atoms with Crippen LogP contribution in [0, 0.1) is 29.2 Å².